The van der Waals surface area contributed by atoms with E-state index in [1.54, 1.807) is 23.9 Å². The maximum atomic E-state index is 12.8. The molecule has 1 heterocycles. The van der Waals surface area contributed by atoms with Crippen LogP contribution in [-0.4, -0.2) is 44.1 Å². The lowest BCUT2D eigenvalue weighted by Gasteiger charge is -2.12. The van der Waals surface area contributed by atoms with E-state index in [2.05, 4.69) is 22.5 Å². The monoisotopic (exact) mass is 325 g/mol. The van der Waals surface area contributed by atoms with E-state index in [-0.39, 0.29) is 11.9 Å². The maximum Gasteiger partial charge on any atom is 0.191 e. The third-order valence-electron chi connectivity index (χ3n) is 3.30. The summed E-state index contributed by atoms with van der Waals surface area (Å²) in [7, 11) is 0. The molecule has 1 unspecified atom stereocenters. The van der Waals surface area contributed by atoms with Crippen LogP contribution in [0.1, 0.15) is 19.8 Å². The maximum absolute atomic E-state index is 12.8. The standard InChI is InChI=1S/C16H24FN3OS/c1-2-18-16(20-12-14-4-3-10-21-14)19-9-11-22-15-7-5-13(17)6-8-15/h5-8,14H,2-4,9-12H2,1H3,(H2,18,19,20). The van der Waals surface area contributed by atoms with Crippen molar-refractivity contribution in [3.63, 3.8) is 0 Å². The summed E-state index contributed by atoms with van der Waals surface area (Å²) in [5.74, 6) is 1.53. The van der Waals surface area contributed by atoms with Crippen molar-refractivity contribution in [2.24, 2.45) is 4.99 Å². The van der Waals surface area contributed by atoms with Gasteiger partial charge in [-0.1, -0.05) is 0 Å². The fourth-order valence-electron chi connectivity index (χ4n) is 2.19. The molecule has 4 nitrogen and oxygen atoms in total. The number of rotatable bonds is 7. The Balaban J connectivity index is 1.69. The second kappa shape index (κ2) is 9.69. The average Bonchev–Trinajstić information content (AvgIpc) is 3.04. The second-order valence-corrected chi connectivity index (χ2v) is 6.25. The van der Waals surface area contributed by atoms with Crippen LogP contribution in [0.3, 0.4) is 0 Å². The van der Waals surface area contributed by atoms with Crippen LogP contribution < -0.4 is 10.6 Å². The molecule has 0 spiro atoms. The zero-order valence-corrected chi connectivity index (χ0v) is 13.8. The predicted octanol–water partition coefficient (Wildman–Crippen LogP) is 2.65. The zero-order valence-electron chi connectivity index (χ0n) is 13.0. The van der Waals surface area contributed by atoms with E-state index < -0.39 is 0 Å². The van der Waals surface area contributed by atoms with Crippen molar-refractivity contribution in [2.75, 3.05) is 32.0 Å². The quantitative estimate of drug-likeness (QED) is 0.350. The van der Waals surface area contributed by atoms with E-state index >= 15 is 0 Å². The average molecular weight is 325 g/mol. The van der Waals surface area contributed by atoms with Crippen LogP contribution in [0.5, 0.6) is 0 Å². The highest BCUT2D eigenvalue weighted by Crippen LogP contribution is 2.17. The van der Waals surface area contributed by atoms with Crippen LogP contribution in [0.2, 0.25) is 0 Å². The summed E-state index contributed by atoms with van der Waals surface area (Å²) < 4.78 is 18.4. The van der Waals surface area contributed by atoms with Crippen molar-refractivity contribution in [3.8, 4) is 0 Å². The first kappa shape index (κ1) is 17.1. The number of thioether (sulfide) groups is 1. The molecule has 122 valence electrons. The molecule has 22 heavy (non-hydrogen) atoms. The summed E-state index contributed by atoms with van der Waals surface area (Å²) in [5.41, 5.74) is 0. The minimum atomic E-state index is -0.196. The molecule has 1 fully saturated rings. The van der Waals surface area contributed by atoms with Gasteiger partial charge in [0.15, 0.2) is 5.96 Å². The zero-order chi connectivity index (χ0) is 15.6. The SMILES string of the molecule is CCNC(=NCC1CCCO1)NCCSc1ccc(F)cc1. The molecule has 0 bridgehead atoms. The lowest BCUT2D eigenvalue weighted by atomic mass is 10.2. The van der Waals surface area contributed by atoms with Gasteiger partial charge in [-0.05, 0) is 44.0 Å². The highest BCUT2D eigenvalue weighted by molar-refractivity contribution is 7.99. The molecule has 1 aliphatic heterocycles. The molecule has 0 aliphatic carbocycles. The molecule has 1 saturated heterocycles. The van der Waals surface area contributed by atoms with Gasteiger partial charge in [-0.25, -0.2) is 4.39 Å². The fraction of sp³-hybridized carbons (Fsp3) is 0.562. The number of hydrogen-bond acceptors (Lipinski definition) is 3. The Morgan fingerprint density at radius 2 is 2.18 bits per heavy atom. The first-order valence-corrected chi connectivity index (χ1v) is 8.78. The van der Waals surface area contributed by atoms with Crippen LogP contribution in [0.15, 0.2) is 34.2 Å². The Hall–Kier alpha value is -1.27. The van der Waals surface area contributed by atoms with Crippen molar-refractivity contribution in [1.82, 2.24) is 10.6 Å². The fourth-order valence-corrected chi connectivity index (χ4v) is 2.96. The van der Waals surface area contributed by atoms with Crippen LogP contribution in [0.25, 0.3) is 0 Å². The Morgan fingerprint density at radius 3 is 2.86 bits per heavy atom. The molecular weight excluding hydrogens is 301 g/mol. The number of hydrogen-bond donors (Lipinski definition) is 2. The van der Waals surface area contributed by atoms with Crippen LogP contribution in [0.4, 0.5) is 4.39 Å². The molecule has 0 aromatic heterocycles. The molecule has 1 aromatic carbocycles. The smallest absolute Gasteiger partial charge is 0.191 e. The Kier molecular flexibility index (Phi) is 7.53. The molecule has 1 aromatic rings. The first-order chi connectivity index (χ1) is 10.8. The minimum absolute atomic E-state index is 0.196. The summed E-state index contributed by atoms with van der Waals surface area (Å²) >= 11 is 1.70. The Bertz CT molecular complexity index is 461. The largest absolute Gasteiger partial charge is 0.376 e. The summed E-state index contributed by atoms with van der Waals surface area (Å²) in [6.07, 6.45) is 2.51. The van der Waals surface area contributed by atoms with Gasteiger partial charge in [0, 0.05) is 30.3 Å². The number of ether oxygens (including phenoxy) is 1. The van der Waals surface area contributed by atoms with Crippen LogP contribution in [0, 0.1) is 5.82 Å². The van der Waals surface area contributed by atoms with Gasteiger partial charge in [-0.2, -0.15) is 0 Å². The van der Waals surface area contributed by atoms with Crippen molar-refractivity contribution in [1.29, 1.82) is 0 Å². The molecule has 0 radical (unpaired) electrons. The topological polar surface area (TPSA) is 45.7 Å². The molecule has 2 rings (SSSR count). The lowest BCUT2D eigenvalue weighted by molar-refractivity contribution is 0.117. The number of benzene rings is 1. The van der Waals surface area contributed by atoms with Crippen LogP contribution in [-0.2, 0) is 4.74 Å². The summed E-state index contributed by atoms with van der Waals surface area (Å²) in [5, 5.41) is 6.55. The molecule has 0 saturated carbocycles. The summed E-state index contributed by atoms with van der Waals surface area (Å²) in [6.45, 7) is 5.26. The highest BCUT2D eigenvalue weighted by atomic mass is 32.2. The van der Waals surface area contributed by atoms with E-state index in [0.29, 0.717) is 6.54 Å². The predicted molar refractivity (Wildman–Crippen MR) is 90.1 cm³/mol. The second-order valence-electron chi connectivity index (χ2n) is 5.08. The lowest BCUT2D eigenvalue weighted by Crippen LogP contribution is -2.39. The molecule has 1 atom stereocenters. The van der Waals surface area contributed by atoms with Crippen molar-refractivity contribution in [3.05, 3.63) is 30.1 Å². The van der Waals surface area contributed by atoms with E-state index in [1.807, 2.05) is 0 Å². The van der Waals surface area contributed by atoms with Crippen molar-refractivity contribution < 1.29 is 9.13 Å². The van der Waals surface area contributed by atoms with E-state index in [1.165, 1.54) is 12.1 Å². The molecule has 1 aliphatic rings. The number of aliphatic imine (C=N–C) groups is 1. The van der Waals surface area contributed by atoms with Crippen LogP contribution >= 0.6 is 11.8 Å². The van der Waals surface area contributed by atoms with Gasteiger partial charge < -0.3 is 15.4 Å². The van der Waals surface area contributed by atoms with Gasteiger partial charge >= 0.3 is 0 Å². The van der Waals surface area contributed by atoms with E-state index in [9.17, 15) is 4.39 Å². The molecule has 0 amide bonds. The van der Waals surface area contributed by atoms with Crippen molar-refractivity contribution in [2.45, 2.75) is 30.8 Å². The van der Waals surface area contributed by atoms with Gasteiger partial charge in [-0.3, -0.25) is 4.99 Å². The number of nitrogens with one attached hydrogen (secondary N) is 2. The van der Waals surface area contributed by atoms with Gasteiger partial charge in [0.1, 0.15) is 5.82 Å². The normalized spacial score (nSPS) is 18.5. The Morgan fingerprint density at radius 1 is 1.36 bits per heavy atom. The Labute approximate surface area is 135 Å². The number of halogens is 1. The van der Waals surface area contributed by atoms with E-state index in [0.717, 1.165) is 49.1 Å². The van der Waals surface area contributed by atoms with Crippen molar-refractivity contribution >= 4 is 17.7 Å². The van der Waals surface area contributed by atoms with Gasteiger partial charge in [0.2, 0.25) is 0 Å². The molecule has 2 N–H and O–H groups in total. The molecular formula is C16H24FN3OS. The van der Waals surface area contributed by atoms with Gasteiger partial charge in [-0.15, -0.1) is 11.8 Å². The van der Waals surface area contributed by atoms with Gasteiger partial charge in [0.25, 0.3) is 0 Å². The first-order valence-electron chi connectivity index (χ1n) is 7.80. The number of nitrogens with zero attached hydrogens (tertiary/aromatic N) is 1. The minimum Gasteiger partial charge on any atom is -0.376 e. The third-order valence-corrected chi connectivity index (χ3v) is 4.31. The van der Waals surface area contributed by atoms with E-state index in [4.69, 9.17) is 4.74 Å². The third kappa shape index (κ3) is 6.23. The highest BCUT2D eigenvalue weighted by Gasteiger charge is 2.14. The van der Waals surface area contributed by atoms with Gasteiger partial charge in [0.05, 0.1) is 12.6 Å². The number of guanidine groups is 1. The molecule has 6 heteroatoms. The summed E-state index contributed by atoms with van der Waals surface area (Å²) in [6, 6.07) is 6.58. The summed E-state index contributed by atoms with van der Waals surface area (Å²) in [4.78, 5) is 5.64.